The molecule has 2 unspecified atom stereocenters. The molecular formula is C45H57NO14. The summed E-state index contributed by atoms with van der Waals surface area (Å²) in [6, 6.07) is 15.1. The zero-order chi connectivity index (χ0) is 44.2. The summed E-state index contributed by atoms with van der Waals surface area (Å²) in [7, 11) is 2.78. The highest BCUT2D eigenvalue weighted by molar-refractivity contribution is 5.94. The molecule has 60 heavy (non-hydrogen) atoms. The van der Waals surface area contributed by atoms with Gasteiger partial charge >= 0.3 is 24.0 Å². The van der Waals surface area contributed by atoms with Crippen LogP contribution in [0.2, 0.25) is 0 Å². The minimum atomic E-state index is -2.22. The Balaban J connectivity index is 1.52. The average molecular weight is 836 g/mol. The summed E-state index contributed by atoms with van der Waals surface area (Å²) < 4.78 is 42.4. The number of methoxy groups -OCH3 is 2. The van der Waals surface area contributed by atoms with Crippen LogP contribution < -0.4 is 5.32 Å². The number of Topliss-reactive ketones (excluding diaryl/α,β-unsaturated/α-hetero) is 1. The van der Waals surface area contributed by atoms with Gasteiger partial charge in [-0.15, -0.1) is 0 Å². The van der Waals surface area contributed by atoms with Crippen LogP contribution in [-0.4, -0.2) is 114 Å². The van der Waals surface area contributed by atoms with E-state index in [0.717, 1.165) is 0 Å². The number of rotatable bonds is 10. The van der Waals surface area contributed by atoms with Gasteiger partial charge in [0.1, 0.15) is 35.6 Å². The van der Waals surface area contributed by atoms with Crippen LogP contribution in [-0.2, 0) is 47.5 Å². The standard InChI is InChI=1S/C45H57NO14/c1-24-28(57-39(51)33(48)32(26-17-13-11-14-18-26)46-40(52)60-41(3,4)5)22-45(53)37(58-38(50)27-19-15-12-16-20-27)35-43(8,36(49)34(55-10)31(24)42(45,6)7)29(54-9)21-30-44(35,23-56-30)59-25(2)47/h11-20,28-30,32-35,37,48,53H,21-23H2,1-10H3,(H,46,52)/t28-,29-,30+,32+,33+,34+,35?,37?,43+,44-,45+/m0/s1. The monoisotopic (exact) mass is 835 g/mol. The number of carbonyl (C=O) groups excluding carboxylic acids is 5. The molecular weight excluding hydrogens is 778 g/mol. The van der Waals surface area contributed by atoms with Crippen LogP contribution in [0.3, 0.4) is 0 Å². The Morgan fingerprint density at radius 3 is 2.08 bits per heavy atom. The van der Waals surface area contributed by atoms with Gasteiger partial charge in [-0.1, -0.05) is 62.4 Å². The third-order valence-corrected chi connectivity index (χ3v) is 13.0. The van der Waals surface area contributed by atoms with Crippen molar-refractivity contribution in [1.29, 1.82) is 0 Å². The molecule has 11 atom stereocenters. The first kappa shape index (κ1) is 44.9. The van der Waals surface area contributed by atoms with E-state index in [4.69, 9.17) is 33.2 Å². The molecule has 2 bridgehead atoms. The van der Waals surface area contributed by atoms with Gasteiger partial charge in [0.25, 0.3) is 0 Å². The highest BCUT2D eigenvalue weighted by Crippen LogP contribution is 2.64. The normalized spacial score (nSPS) is 33.0. The number of amides is 1. The van der Waals surface area contributed by atoms with E-state index in [1.54, 1.807) is 109 Å². The predicted molar refractivity (Wildman–Crippen MR) is 213 cm³/mol. The lowest BCUT2D eigenvalue weighted by Crippen LogP contribution is -2.82. The van der Waals surface area contributed by atoms with E-state index in [1.165, 1.54) is 21.1 Å². The average Bonchev–Trinajstić information content (AvgIpc) is 3.18. The molecule has 1 amide bonds. The molecule has 0 radical (unpaired) electrons. The van der Waals surface area contributed by atoms with Gasteiger partial charge in [-0.3, -0.25) is 9.59 Å². The molecule has 3 N–H and O–H groups in total. The lowest BCUT2D eigenvalue weighted by molar-refractivity contribution is -0.347. The Morgan fingerprint density at radius 2 is 1.55 bits per heavy atom. The second-order valence-corrected chi connectivity index (χ2v) is 18.0. The number of carbonyl (C=O) groups is 5. The second-order valence-electron chi connectivity index (χ2n) is 18.0. The summed E-state index contributed by atoms with van der Waals surface area (Å²) in [6.07, 6.45) is -9.31. The Kier molecular flexibility index (Phi) is 12.2. The van der Waals surface area contributed by atoms with Gasteiger partial charge in [0.2, 0.25) is 0 Å². The SMILES string of the molecule is CO[C@H]1C(=O)[C@@]2(C)C(C(OC(=O)c3ccccc3)[C@]3(O)C[C@H](OC(=O)[C@H](O)[C@H](NC(=O)OC(C)(C)C)c4ccccc4)C(C)=C1C3(C)C)[C@]1(OC(C)=O)CO[C@@H]1C[C@@H]2OC. The maximum atomic E-state index is 15.5. The number of aliphatic hydroxyl groups is 2. The maximum absolute atomic E-state index is 15.5. The van der Waals surface area contributed by atoms with Crippen molar-refractivity contribution in [1.82, 2.24) is 5.32 Å². The van der Waals surface area contributed by atoms with Crippen LogP contribution in [0.1, 0.15) is 90.2 Å². The summed E-state index contributed by atoms with van der Waals surface area (Å²) in [5, 5.41) is 28.0. The van der Waals surface area contributed by atoms with E-state index in [1.807, 2.05) is 0 Å². The summed E-state index contributed by atoms with van der Waals surface area (Å²) in [5.41, 5.74) is -6.72. The molecule has 3 aliphatic carbocycles. The van der Waals surface area contributed by atoms with E-state index in [2.05, 4.69) is 5.32 Å². The van der Waals surface area contributed by atoms with Crippen molar-refractivity contribution in [3.8, 4) is 0 Å². The number of benzene rings is 2. The summed E-state index contributed by atoms with van der Waals surface area (Å²) in [4.78, 5) is 70.1. The van der Waals surface area contributed by atoms with Crippen molar-refractivity contribution in [3.63, 3.8) is 0 Å². The molecule has 3 fully saturated rings. The molecule has 2 aromatic rings. The second kappa shape index (κ2) is 16.3. The van der Waals surface area contributed by atoms with Gasteiger partial charge in [0.15, 0.2) is 17.5 Å². The molecule has 1 heterocycles. The first-order chi connectivity index (χ1) is 28.1. The minimum absolute atomic E-state index is 0.121. The molecule has 1 saturated heterocycles. The molecule has 15 heteroatoms. The fourth-order valence-electron chi connectivity index (χ4n) is 10.1. The summed E-state index contributed by atoms with van der Waals surface area (Å²) in [5.74, 6) is -4.52. The number of fused-ring (bicyclic) bond motifs is 5. The Bertz CT molecular complexity index is 2010. The minimum Gasteiger partial charge on any atom is -0.456 e. The predicted octanol–water partition coefficient (Wildman–Crippen LogP) is 4.57. The van der Waals surface area contributed by atoms with Crippen LogP contribution in [0.4, 0.5) is 4.79 Å². The van der Waals surface area contributed by atoms with Crippen LogP contribution in [0.25, 0.3) is 0 Å². The van der Waals surface area contributed by atoms with Gasteiger partial charge in [-0.2, -0.15) is 0 Å². The number of aliphatic hydroxyl groups excluding tert-OH is 1. The van der Waals surface area contributed by atoms with Crippen molar-refractivity contribution in [3.05, 3.63) is 82.9 Å². The molecule has 0 spiro atoms. The molecule has 4 aliphatic rings. The van der Waals surface area contributed by atoms with Gasteiger partial charge in [-0.25, -0.2) is 14.4 Å². The van der Waals surface area contributed by atoms with Gasteiger partial charge < -0.3 is 48.7 Å². The van der Waals surface area contributed by atoms with Crippen molar-refractivity contribution >= 4 is 29.8 Å². The third kappa shape index (κ3) is 7.52. The molecule has 0 aromatic heterocycles. The quantitative estimate of drug-likeness (QED) is 0.171. The maximum Gasteiger partial charge on any atom is 0.408 e. The van der Waals surface area contributed by atoms with Gasteiger partial charge in [0, 0.05) is 39.4 Å². The van der Waals surface area contributed by atoms with Crippen molar-refractivity contribution in [2.24, 2.45) is 16.7 Å². The molecule has 2 aromatic carbocycles. The zero-order valence-corrected chi connectivity index (χ0v) is 35.8. The van der Waals surface area contributed by atoms with Crippen LogP contribution in [0, 0.1) is 16.7 Å². The number of esters is 3. The Labute approximate surface area is 350 Å². The van der Waals surface area contributed by atoms with Crippen LogP contribution in [0.15, 0.2) is 71.8 Å². The Morgan fingerprint density at radius 1 is 0.933 bits per heavy atom. The lowest BCUT2D eigenvalue weighted by Gasteiger charge is -2.67. The number of nitrogens with one attached hydrogen (secondary N) is 1. The first-order valence-corrected chi connectivity index (χ1v) is 20.1. The van der Waals surface area contributed by atoms with E-state index in [9.17, 15) is 29.4 Å². The van der Waals surface area contributed by atoms with Gasteiger partial charge in [-0.05, 0) is 63.5 Å². The zero-order valence-electron chi connectivity index (χ0n) is 35.8. The largest absolute Gasteiger partial charge is 0.456 e. The highest BCUT2D eigenvalue weighted by atomic mass is 16.6. The number of alkyl carbamates (subject to hydrolysis) is 1. The molecule has 1 aliphatic heterocycles. The number of hydrogen-bond donors (Lipinski definition) is 3. The first-order valence-electron chi connectivity index (χ1n) is 20.1. The van der Waals surface area contributed by atoms with E-state index in [0.29, 0.717) is 11.1 Å². The number of ether oxygens (including phenoxy) is 7. The summed E-state index contributed by atoms with van der Waals surface area (Å²) in [6.45, 7) is 12.7. The molecule has 15 nitrogen and oxygen atoms in total. The Hall–Kier alpha value is -4.67. The fourth-order valence-corrected chi connectivity index (χ4v) is 10.1. The van der Waals surface area contributed by atoms with Crippen molar-refractivity contribution in [2.45, 2.75) is 128 Å². The van der Waals surface area contributed by atoms with Crippen molar-refractivity contribution < 1.29 is 67.3 Å². The smallest absolute Gasteiger partial charge is 0.408 e. The summed E-state index contributed by atoms with van der Waals surface area (Å²) >= 11 is 0. The van der Waals surface area contributed by atoms with Crippen LogP contribution in [0.5, 0.6) is 0 Å². The fraction of sp³-hybridized carbons (Fsp3) is 0.578. The molecule has 2 saturated carbocycles. The molecule has 6 rings (SSSR count). The lowest BCUT2D eigenvalue weighted by atomic mass is 9.44. The third-order valence-electron chi connectivity index (χ3n) is 13.0. The van der Waals surface area contributed by atoms with Crippen molar-refractivity contribution in [2.75, 3.05) is 20.8 Å². The van der Waals surface area contributed by atoms with E-state index < -0.39 is 112 Å². The van der Waals surface area contributed by atoms with E-state index in [-0.39, 0.29) is 24.2 Å². The number of hydrogen-bond acceptors (Lipinski definition) is 14. The van der Waals surface area contributed by atoms with E-state index >= 15 is 4.79 Å². The topological polar surface area (TPSA) is 202 Å². The van der Waals surface area contributed by atoms with Crippen LogP contribution >= 0.6 is 0 Å². The number of ketones is 1. The molecule has 326 valence electrons. The van der Waals surface area contributed by atoms with Gasteiger partial charge in [0.05, 0.1) is 35.6 Å². The highest BCUT2D eigenvalue weighted by Gasteiger charge is 2.78.